The first kappa shape index (κ1) is 8.53. The molecule has 1 aliphatic rings. The highest BCUT2D eigenvalue weighted by Crippen LogP contribution is 2.08. The Hall–Kier alpha value is -0.570. The molecule has 0 aromatic heterocycles. The third-order valence-electron chi connectivity index (χ3n) is 2.16. The van der Waals surface area contributed by atoms with Crippen LogP contribution in [0.3, 0.4) is 0 Å². The lowest BCUT2D eigenvalue weighted by Crippen LogP contribution is -2.30. The van der Waals surface area contributed by atoms with Crippen molar-refractivity contribution in [3.63, 3.8) is 0 Å². The number of carbonyl (C=O) groups is 1. The van der Waals surface area contributed by atoms with Gasteiger partial charge in [-0.1, -0.05) is 0 Å². The summed E-state index contributed by atoms with van der Waals surface area (Å²) in [6.07, 6.45) is 0. The fourth-order valence-electron chi connectivity index (χ4n) is 1.24. The predicted octanol–water partition coefficient (Wildman–Crippen LogP) is 0.516. The average Bonchev–Trinajstić information content (AvgIpc) is 2.31. The largest absolute Gasteiger partial charge is 0.329 e. The van der Waals surface area contributed by atoms with Gasteiger partial charge in [-0.3, -0.25) is 9.69 Å². The molecule has 0 aromatic rings. The molecule has 3 heteroatoms. The topological polar surface area (TPSA) is 23.6 Å². The van der Waals surface area contributed by atoms with Crippen molar-refractivity contribution < 1.29 is 4.79 Å². The van der Waals surface area contributed by atoms with Crippen molar-refractivity contribution in [2.75, 3.05) is 19.8 Å². The molecular formula is C8H16N2O. The summed E-state index contributed by atoms with van der Waals surface area (Å²) in [4.78, 5) is 15.3. The van der Waals surface area contributed by atoms with Gasteiger partial charge in [0.05, 0.1) is 13.2 Å². The smallest absolute Gasteiger partial charge is 0.237 e. The molecule has 0 N–H and O–H groups in total. The van der Waals surface area contributed by atoms with E-state index in [1.54, 1.807) is 0 Å². The number of carbonyl (C=O) groups excluding carboxylic acids is 1. The molecule has 0 spiro atoms. The van der Waals surface area contributed by atoms with Gasteiger partial charge in [0.25, 0.3) is 0 Å². The van der Waals surface area contributed by atoms with Gasteiger partial charge in [0.2, 0.25) is 5.91 Å². The molecule has 0 aromatic carbocycles. The molecule has 0 radical (unpaired) electrons. The summed E-state index contributed by atoms with van der Waals surface area (Å²) in [5.74, 6) is 0.265. The van der Waals surface area contributed by atoms with Crippen LogP contribution in [-0.2, 0) is 4.79 Å². The maximum Gasteiger partial charge on any atom is 0.237 e. The Morgan fingerprint density at radius 1 is 1.55 bits per heavy atom. The van der Waals surface area contributed by atoms with E-state index in [0.717, 1.165) is 13.2 Å². The second-order valence-corrected chi connectivity index (χ2v) is 3.23. The van der Waals surface area contributed by atoms with E-state index in [2.05, 4.69) is 18.7 Å². The van der Waals surface area contributed by atoms with Gasteiger partial charge in [0.1, 0.15) is 0 Å². The molecule has 0 aliphatic carbocycles. The third-order valence-corrected chi connectivity index (χ3v) is 2.16. The Balaban J connectivity index is 2.49. The second-order valence-electron chi connectivity index (χ2n) is 3.23. The van der Waals surface area contributed by atoms with Crippen LogP contribution in [0.1, 0.15) is 20.8 Å². The standard InChI is InChI=1S/C8H16N2O/c1-4-9-6-10(7(2)3)5-8(9)11/h7H,4-6H2,1-3H3. The Morgan fingerprint density at radius 3 is 2.45 bits per heavy atom. The van der Waals surface area contributed by atoms with Gasteiger partial charge in [0, 0.05) is 12.6 Å². The number of hydrogen-bond donors (Lipinski definition) is 0. The monoisotopic (exact) mass is 156 g/mol. The minimum Gasteiger partial charge on any atom is -0.329 e. The van der Waals surface area contributed by atoms with E-state index in [4.69, 9.17) is 0 Å². The van der Waals surface area contributed by atoms with Crippen LogP contribution in [0.25, 0.3) is 0 Å². The Labute approximate surface area is 68.0 Å². The SMILES string of the molecule is CCN1CN(C(C)C)CC1=O. The normalized spacial score (nSPS) is 20.4. The molecule has 3 nitrogen and oxygen atoms in total. The van der Waals surface area contributed by atoms with Crippen molar-refractivity contribution in [1.29, 1.82) is 0 Å². The summed E-state index contributed by atoms with van der Waals surface area (Å²) in [7, 11) is 0. The molecule has 11 heavy (non-hydrogen) atoms. The Kier molecular flexibility index (Phi) is 2.49. The van der Waals surface area contributed by atoms with E-state index in [-0.39, 0.29) is 5.91 Å². The highest BCUT2D eigenvalue weighted by atomic mass is 16.2. The van der Waals surface area contributed by atoms with E-state index < -0.39 is 0 Å². The summed E-state index contributed by atoms with van der Waals surface area (Å²) >= 11 is 0. The van der Waals surface area contributed by atoms with Crippen LogP contribution in [0.2, 0.25) is 0 Å². The first-order valence-corrected chi connectivity index (χ1v) is 4.17. The first-order chi connectivity index (χ1) is 5.15. The molecule has 1 saturated heterocycles. The summed E-state index contributed by atoms with van der Waals surface area (Å²) in [6.45, 7) is 8.50. The van der Waals surface area contributed by atoms with Crippen molar-refractivity contribution in [3.8, 4) is 0 Å². The number of rotatable bonds is 2. The highest BCUT2D eigenvalue weighted by Gasteiger charge is 2.27. The molecule has 64 valence electrons. The first-order valence-electron chi connectivity index (χ1n) is 4.17. The van der Waals surface area contributed by atoms with Crippen LogP contribution < -0.4 is 0 Å². The van der Waals surface area contributed by atoms with Crippen molar-refractivity contribution >= 4 is 5.91 Å². The van der Waals surface area contributed by atoms with E-state index in [1.807, 2.05) is 11.8 Å². The number of likely N-dealkylation sites (N-methyl/N-ethyl adjacent to an activating group) is 1. The predicted molar refractivity (Wildman–Crippen MR) is 44.1 cm³/mol. The average molecular weight is 156 g/mol. The molecule has 1 amide bonds. The molecule has 0 saturated carbocycles. The second kappa shape index (κ2) is 3.22. The van der Waals surface area contributed by atoms with Gasteiger partial charge < -0.3 is 4.90 Å². The lowest BCUT2D eigenvalue weighted by Gasteiger charge is -2.19. The van der Waals surface area contributed by atoms with Gasteiger partial charge in [0.15, 0.2) is 0 Å². The summed E-state index contributed by atoms with van der Waals surface area (Å²) in [6, 6.07) is 0.482. The van der Waals surface area contributed by atoms with Crippen LogP contribution in [-0.4, -0.2) is 41.5 Å². The van der Waals surface area contributed by atoms with E-state index >= 15 is 0 Å². The zero-order chi connectivity index (χ0) is 8.43. The minimum atomic E-state index is 0.265. The quantitative estimate of drug-likeness (QED) is 0.582. The van der Waals surface area contributed by atoms with Crippen molar-refractivity contribution in [2.45, 2.75) is 26.8 Å². The lowest BCUT2D eigenvalue weighted by atomic mass is 10.3. The lowest BCUT2D eigenvalue weighted by molar-refractivity contribution is -0.126. The Bertz CT molecular complexity index is 156. The van der Waals surface area contributed by atoms with Crippen molar-refractivity contribution in [2.24, 2.45) is 0 Å². The van der Waals surface area contributed by atoms with Crippen molar-refractivity contribution in [1.82, 2.24) is 9.80 Å². The summed E-state index contributed by atoms with van der Waals surface area (Å²) in [5, 5.41) is 0. The van der Waals surface area contributed by atoms with Gasteiger partial charge in [-0.25, -0.2) is 0 Å². The Morgan fingerprint density at radius 2 is 2.18 bits per heavy atom. The third kappa shape index (κ3) is 1.71. The molecule has 0 bridgehead atoms. The fraction of sp³-hybridized carbons (Fsp3) is 0.875. The number of hydrogen-bond acceptors (Lipinski definition) is 2. The zero-order valence-corrected chi connectivity index (χ0v) is 7.50. The van der Waals surface area contributed by atoms with Gasteiger partial charge in [-0.2, -0.15) is 0 Å². The van der Waals surface area contributed by atoms with Gasteiger partial charge >= 0.3 is 0 Å². The maximum atomic E-state index is 11.2. The molecule has 1 heterocycles. The van der Waals surface area contributed by atoms with E-state index in [0.29, 0.717) is 12.6 Å². The van der Waals surface area contributed by atoms with E-state index in [1.165, 1.54) is 0 Å². The van der Waals surface area contributed by atoms with Gasteiger partial charge in [-0.15, -0.1) is 0 Å². The van der Waals surface area contributed by atoms with Crippen LogP contribution in [0.15, 0.2) is 0 Å². The molecular weight excluding hydrogens is 140 g/mol. The van der Waals surface area contributed by atoms with E-state index in [9.17, 15) is 4.79 Å². The summed E-state index contributed by atoms with van der Waals surface area (Å²) < 4.78 is 0. The highest BCUT2D eigenvalue weighted by molar-refractivity contribution is 5.80. The number of amides is 1. The minimum absolute atomic E-state index is 0.265. The molecule has 1 fully saturated rings. The number of nitrogens with zero attached hydrogens (tertiary/aromatic N) is 2. The molecule has 0 unspecified atom stereocenters. The molecule has 0 atom stereocenters. The van der Waals surface area contributed by atoms with Crippen LogP contribution in [0.4, 0.5) is 0 Å². The maximum absolute atomic E-state index is 11.2. The zero-order valence-electron chi connectivity index (χ0n) is 7.50. The molecule has 1 rings (SSSR count). The fourth-order valence-corrected chi connectivity index (χ4v) is 1.24. The molecule has 1 aliphatic heterocycles. The van der Waals surface area contributed by atoms with Gasteiger partial charge in [-0.05, 0) is 20.8 Å². The van der Waals surface area contributed by atoms with Crippen LogP contribution in [0.5, 0.6) is 0 Å². The van der Waals surface area contributed by atoms with Crippen LogP contribution in [0, 0.1) is 0 Å². The summed E-state index contributed by atoms with van der Waals surface area (Å²) in [5.41, 5.74) is 0. The van der Waals surface area contributed by atoms with Crippen LogP contribution >= 0.6 is 0 Å². The van der Waals surface area contributed by atoms with Crippen molar-refractivity contribution in [3.05, 3.63) is 0 Å².